The van der Waals surface area contributed by atoms with Crippen molar-refractivity contribution in [3.05, 3.63) is 108 Å². The number of hydroxylamine groups is 2. The molecule has 0 saturated carbocycles. The van der Waals surface area contributed by atoms with Crippen LogP contribution in [0.2, 0.25) is 0 Å². The van der Waals surface area contributed by atoms with Gasteiger partial charge in [-0.05, 0) is 62.4 Å². The lowest BCUT2D eigenvalue weighted by atomic mass is 10.1. The molecule has 3 rings (SSSR count). The number of hydrogen-bond donors (Lipinski definition) is 3. The molecule has 0 aliphatic carbocycles. The van der Waals surface area contributed by atoms with Gasteiger partial charge in [0.1, 0.15) is 6.04 Å². The molecular weight excluding hydrogens is 470 g/mol. The fraction of sp³-hybridized carbons (Fsp3) is 0.276. The Morgan fingerprint density at radius 3 is 1.86 bits per heavy atom. The Bertz CT molecular complexity index is 1110. The van der Waals surface area contributed by atoms with Crippen LogP contribution in [-0.2, 0) is 20.9 Å². The molecule has 8 nitrogen and oxygen atoms in total. The summed E-state index contributed by atoms with van der Waals surface area (Å²) >= 11 is 0. The summed E-state index contributed by atoms with van der Waals surface area (Å²) in [6, 6.07) is 26.3. The van der Waals surface area contributed by atoms with Gasteiger partial charge in [-0.15, -0.1) is 5.48 Å². The average molecular weight is 504 g/mol. The lowest BCUT2D eigenvalue weighted by Crippen LogP contribution is -2.48. The van der Waals surface area contributed by atoms with E-state index in [-0.39, 0.29) is 11.9 Å². The van der Waals surface area contributed by atoms with Crippen molar-refractivity contribution in [2.45, 2.75) is 44.7 Å². The fourth-order valence-corrected chi connectivity index (χ4v) is 3.66. The number of nitrogens with one attached hydrogen (secondary N) is 3. The number of benzene rings is 3. The van der Waals surface area contributed by atoms with Gasteiger partial charge in [0.15, 0.2) is 0 Å². The molecule has 0 aliphatic rings. The van der Waals surface area contributed by atoms with Gasteiger partial charge in [-0.1, -0.05) is 66.7 Å². The molecule has 3 aromatic rings. The van der Waals surface area contributed by atoms with Gasteiger partial charge in [-0.25, -0.2) is 9.59 Å². The maximum atomic E-state index is 13.0. The summed E-state index contributed by atoms with van der Waals surface area (Å²) in [5, 5.41) is 3.00. The average Bonchev–Trinajstić information content (AvgIpc) is 2.93. The third kappa shape index (κ3) is 9.87. The first-order valence-corrected chi connectivity index (χ1v) is 12.4. The molecule has 194 valence electrons. The summed E-state index contributed by atoms with van der Waals surface area (Å²) in [4.78, 5) is 47.6. The Kier molecular flexibility index (Phi) is 11.3. The van der Waals surface area contributed by atoms with E-state index in [4.69, 9.17) is 9.68 Å². The predicted molar refractivity (Wildman–Crippen MR) is 140 cm³/mol. The molecule has 3 N–H and O–H groups in total. The van der Waals surface area contributed by atoms with E-state index >= 15 is 0 Å². The molecule has 0 radical (unpaired) electrons. The van der Waals surface area contributed by atoms with Crippen LogP contribution in [0.4, 0.5) is 0 Å². The van der Waals surface area contributed by atoms with Crippen molar-refractivity contribution >= 4 is 17.8 Å². The van der Waals surface area contributed by atoms with E-state index in [1.165, 1.54) is 0 Å². The minimum atomic E-state index is -0.738. The highest BCUT2D eigenvalue weighted by Gasteiger charge is 2.22. The quantitative estimate of drug-likeness (QED) is 0.226. The summed E-state index contributed by atoms with van der Waals surface area (Å²) in [5.41, 5.74) is 7.27. The zero-order chi connectivity index (χ0) is 26.3. The zero-order valence-corrected chi connectivity index (χ0v) is 20.9. The van der Waals surface area contributed by atoms with Crippen molar-refractivity contribution in [3.63, 3.8) is 0 Å². The van der Waals surface area contributed by atoms with Gasteiger partial charge in [0, 0.05) is 12.6 Å². The highest BCUT2D eigenvalue weighted by molar-refractivity contribution is 5.89. The van der Waals surface area contributed by atoms with Crippen LogP contribution in [0.25, 0.3) is 0 Å². The summed E-state index contributed by atoms with van der Waals surface area (Å²) in [6.07, 6.45) is 2.36. The number of amides is 1. The number of rotatable bonds is 14. The Labute approximate surface area is 217 Å². The van der Waals surface area contributed by atoms with Gasteiger partial charge in [0.05, 0.1) is 11.1 Å². The van der Waals surface area contributed by atoms with Crippen molar-refractivity contribution in [3.8, 4) is 0 Å². The fourth-order valence-electron chi connectivity index (χ4n) is 3.66. The van der Waals surface area contributed by atoms with Crippen LogP contribution in [-0.4, -0.2) is 36.5 Å². The maximum Gasteiger partial charge on any atom is 0.356 e. The van der Waals surface area contributed by atoms with Crippen LogP contribution in [0.15, 0.2) is 91.0 Å². The molecular formula is C29H33N3O5. The molecule has 0 heterocycles. The molecule has 0 fully saturated rings. The van der Waals surface area contributed by atoms with Gasteiger partial charge < -0.3 is 15.0 Å². The first-order chi connectivity index (χ1) is 18.0. The van der Waals surface area contributed by atoms with E-state index in [0.29, 0.717) is 43.4 Å². The third-order valence-corrected chi connectivity index (χ3v) is 5.59. The minimum Gasteiger partial charge on any atom is -0.367 e. The molecule has 0 spiro atoms. The summed E-state index contributed by atoms with van der Waals surface area (Å²) < 4.78 is 0. The SMILES string of the molecule is C[C@@H](Cc1ccccc1)NC(=O)[C@H](CCCCNOC(=O)c1ccccc1)NOC(=O)c1ccccc1. The Hall–Kier alpha value is -4.01. The lowest BCUT2D eigenvalue weighted by Gasteiger charge is -2.21. The molecule has 0 aromatic heterocycles. The van der Waals surface area contributed by atoms with Crippen molar-refractivity contribution in [1.82, 2.24) is 16.3 Å². The molecule has 3 aromatic carbocycles. The molecule has 0 aliphatic heterocycles. The minimum absolute atomic E-state index is 0.108. The van der Waals surface area contributed by atoms with Crippen LogP contribution in [0, 0.1) is 0 Å². The molecule has 0 unspecified atom stereocenters. The molecule has 8 heteroatoms. The number of unbranched alkanes of at least 4 members (excludes halogenated alkanes) is 1. The second-order valence-corrected chi connectivity index (χ2v) is 8.67. The first-order valence-electron chi connectivity index (χ1n) is 12.4. The van der Waals surface area contributed by atoms with Crippen LogP contribution < -0.4 is 16.3 Å². The van der Waals surface area contributed by atoms with Crippen molar-refractivity contribution in [1.29, 1.82) is 0 Å². The summed E-state index contributed by atoms with van der Waals surface area (Å²) in [6.45, 7) is 2.35. The first kappa shape index (κ1) is 27.6. The Morgan fingerprint density at radius 1 is 0.730 bits per heavy atom. The van der Waals surface area contributed by atoms with Crippen molar-refractivity contribution < 1.29 is 24.1 Å². The Morgan fingerprint density at radius 2 is 1.27 bits per heavy atom. The van der Waals surface area contributed by atoms with Crippen LogP contribution in [0.3, 0.4) is 0 Å². The summed E-state index contributed by atoms with van der Waals surface area (Å²) in [7, 11) is 0. The largest absolute Gasteiger partial charge is 0.367 e. The smallest absolute Gasteiger partial charge is 0.356 e. The standard InChI is InChI=1S/C29H33N3O5/c1-22(21-23-13-5-2-6-14-23)31-27(33)26(32-37-29(35)25-17-9-4-10-18-25)19-11-12-20-30-36-28(34)24-15-7-3-8-16-24/h2-10,13-18,22,26,30,32H,11-12,19-21H2,1H3,(H,31,33)/t22-,26-/m0/s1. The number of hydrogen-bond acceptors (Lipinski definition) is 7. The zero-order valence-electron chi connectivity index (χ0n) is 20.9. The third-order valence-electron chi connectivity index (χ3n) is 5.59. The molecule has 0 bridgehead atoms. The number of carbonyl (C=O) groups is 3. The van der Waals surface area contributed by atoms with Crippen molar-refractivity contribution in [2.24, 2.45) is 0 Å². The van der Waals surface area contributed by atoms with Crippen LogP contribution >= 0.6 is 0 Å². The van der Waals surface area contributed by atoms with E-state index in [1.54, 1.807) is 54.6 Å². The maximum absolute atomic E-state index is 13.0. The van der Waals surface area contributed by atoms with Gasteiger partial charge >= 0.3 is 11.9 Å². The van der Waals surface area contributed by atoms with Crippen LogP contribution in [0.5, 0.6) is 0 Å². The second-order valence-electron chi connectivity index (χ2n) is 8.67. The highest BCUT2D eigenvalue weighted by Crippen LogP contribution is 2.07. The van der Waals surface area contributed by atoms with E-state index in [2.05, 4.69) is 16.3 Å². The predicted octanol–water partition coefficient (Wildman–Crippen LogP) is 4.00. The molecule has 2 atom stereocenters. The van der Waals surface area contributed by atoms with E-state index in [9.17, 15) is 14.4 Å². The van der Waals surface area contributed by atoms with Crippen molar-refractivity contribution in [2.75, 3.05) is 6.54 Å². The normalized spacial score (nSPS) is 12.2. The lowest BCUT2D eigenvalue weighted by molar-refractivity contribution is -0.126. The van der Waals surface area contributed by atoms with Gasteiger partial charge in [-0.3, -0.25) is 4.79 Å². The van der Waals surface area contributed by atoms with Gasteiger partial charge in [0.2, 0.25) is 5.91 Å². The molecule has 0 saturated heterocycles. The topological polar surface area (TPSA) is 106 Å². The molecule has 37 heavy (non-hydrogen) atoms. The van der Waals surface area contributed by atoms with Crippen LogP contribution in [0.1, 0.15) is 52.5 Å². The van der Waals surface area contributed by atoms with E-state index in [1.807, 2.05) is 43.3 Å². The second kappa shape index (κ2) is 15.2. The highest BCUT2D eigenvalue weighted by atomic mass is 16.7. The Balaban J connectivity index is 1.47. The van der Waals surface area contributed by atoms with Gasteiger partial charge in [-0.2, -0.15) is 5.48 Å². The monoisotopic (exact) mass is 503 g/mol. The summed E-state index contributed by atoms with van der Waals surface area (Å²) in [5.74, 6) is -1.28. The molecule has 1 amide bonds. The number of carbonyl (C=O) groups excluding carboxylic acids is 3. The van der Waals surface area contributed by atoms with E-state index < -0.39 is 18.0 Å². The van der Waals surface area contributed by atoms with Gasteiger partial charge in [0.25, 0.3) is 0 Å². The van der Waals surface area contributed by atoms with E-state index in [0.717, 1.165) is 5.56 Å².